The van der Waals surface area contributed by atoms with Gasteiger partial charge in [0.2, 0.25) is 5.95 Å². The van der Waals surface area contributed by atoms with Crippen LogP contribution in [0.25, 0.3) is 0 Å². The van der Waals surface area contributed by atoms with E-state index in [0.717, 1.165) is 35.1 Å². The number of halogens is 1. The number of rotatable bonds is 8. The van der Waals surface area contributed by atoms with Crippen molar-refractivity contribution >= 4 is 23.4 Å². The Labute approximate surface area is 158 Å². The summed E-state index contributed by atoms with van der Waals surface area (Å²) in [4.78, 5) is 8.75. The Kier molecular flexibility index (Phi) is 6.28. The molecule has 0 saturated carbocycles. The molecule has 26 heavy (non-hydrogen) atoms. The molecule has 0 atom stereocenters. The fraction of sp³-hybridized carbons (Fsp3) is 0.200. The predicted molar refractivity (Wildman–Crippen MR) is 106 cm³/mol. The lowest BCUT2D eigenvalue weighted by Crippen LogP contribution is -2.09. The second-order valence-electron chi connectivity index (χ2n) is 5.74. The van der Waals surface area contributed by atoms with Crippen molar-refractivity contribution in [1.29, 1.82) is 0 Å². The lowest BCUT2D eigenvalue weighted by Gasteiger charge is -2.09. The van der Waals surface area contributed by atoms with Gasteiger partial charge < -0.3 is 15.4 Å². The van der Waals surface area contributed by atoms with Gasteiger partial charge in [0.25, 0.3) is 0 Å². The Morgan fingerprint density at radius 2 is 1.92 bits per heavy atom. The zero-order valence-corrected chi connectivity index (χ0v) is 15.3. The number of nitrogens with zero attached hydrogens (tertiary/aromatic N) is 2. The summed E-state index contributed by atoms with van der Waals surface area (Å²) in [5.74, 6) is 2.21. The second kappa shape index (κ2) is 9.06. The number of anilines is 2. The minimum Gasteiger partial charge on any atom is -0.497 e. The number of ether oxygens (including phenoxy) is 1. The highest BCUT2D eigenvalue weighted by Crippen LogP contribution is 2.17. The summed E-state index contributed by atoms with van der Waals surface area (Å²) < 4.78 is 5.24. The van der Waals surface area contributed by atoms with Crippen LogP contribution in [-0.2, 0) is 13.0 Å². The normalized spacial score (nSPS) is 10.4. The van der Waals surface area contributed by atoms with Crippen LogP contribution in [0, 0.1) is 0 Å². The first-order valence-electron chi connectivity index (χ1n) is 8.42. The maximum Gasteiger partial charge on any atom is 0.224 e. The van der Waals surface area contributed by atoms with Gasteiger partial charge in [-0.15, -0.1) is 0 Å². The van der Waals surface area contributed by atoms with Gasteiger partial charge in [-0.1, -0.05) is 41.9 Å². The summed E-state index contributed by atoms with van der Waals surface area (Å²) in [5.41, 5.74) is 2.23. The zero-order valence-electron chi connectivity index (χ0n) is 14.6. The summed E-state index contributed by atoms with van der Waals surface area (Å²) in [6, 6.07) is 17.6. The Morgan fingerprint density at radius 3 is 2.77 bits per heavy atom. The summed E-state index contributed by atoms with van der Waals surface area (Å²) in [6.07, 6.45) is 2.59. The standard InChI is InChI=1S/C20H21ClN4O/c1-26-17-7-4-5-15(13-17)9-11-22-20-23-12-10-19(25-20)24-14-16-6-2-3-8-18(16)21/h2-8,10,12-13H,9,11,14H2,1H3,(H2,22,23,24,25). The van der Waals surface area contributed by atoms with Crippen LogP contribution in [0.3, 0.4) is 0 Å². The molecule has 0 spiro atoms. The van der Waals surface area contributed by atoms with Crippen molar-refractivity contribution in [2.75, 3.05) is 24.3 Å². The van der Waals surface area contributed by atoms with Crippen molar-refractivity contribution in [3.8, 4) is 5.75 Å². The highest BCUT2D eigenvalue weighted by Gasteiger charge is 2.02. The molecule has 0 aliphatic carbocycles. The third-order valence-corrected chi connectivity index (χ3v) is 4.27. The second-order valence-corrected chi connectivity index (χ2v) is 6.15. The molecule has 0 aliphatic rings. The minimum absolute atomic E-state index is 0.594. The van der Waals surface area contributed by atoms with Crippen LogP contribution in [0.5, 0.6) is 5.75 Å². The van der Waals surface area contributed by atoms with Crippen molar-refractivity contribution < 1.29 is 4.74 Å². The monoisotopic (exact) mass is 368 g/mol. The molecular weight excluding hydrogens is 348 g/mol. The fourth-order valence-corrected chi connectivity index (χ4v) is 2.72. The van der Waals surface area contributed by atoms with Gasteiger partial charge in [-0.2, -0.15) is 4.98 Å². The fourth-order valence-electron chi connectivity index (χ4n) is 2.52. The number of hydrogen-bond acceptors (Lipinski definition) is 5. The molecule has 1 aromatic heterocycles. The molecule has 5 nitrogen and oxygen atoms in total. The van der Waals surface area contributed by atoms with E-state index >= 15 is 0 Å². The van der Waals surface area contributed by atoms with Crippen molar-refractivity contribution in [3.05, 3.63) is 76.9 Å². The van der Waals surface area contributed by atoms with Crippen LogP contribution in [-0.4, -0.2) is 23.6 Å². The van der Waals surface area contributed by atoms with E-state index in [0.29, 0.717) is 12.5 Å². The van der Waals surface area contributed by atoms with Crippen molar-refractivity contribution in [3.63, 3.8) is 0 Å². The molecule has 134 valence electrons. The molecule has 0 unspecified atom stereocenters. The first-order chi connectivity index (χ1) is 12.7. The van der Waals surface area contributed by atoms with E-state index in [1.165, 1.54) is 5.56 Å². The van der Waals surface area contributed by atoms with E-state index in [2.05, 4.69) is 26.7 Å². The molecule has 1 heterocycles. The molecule has 6 heteroatoms. The molecule has 2 aromatic carbocycles. The molecule has 0 fully saturated rings. The molecule has 3 rings (SSSR count). The molecule has 0 amide bonds. The summed E-state index contributed by atoms with van der Waals surface area (Å²) in [6.45, 7) is 1.35. The van der Waals surface area contributed by atoms with Gasteiger partial charge in [-0.3, -0.25) is 0 Å². The maximum absolute atomic E-state index is 6.18. The van der Waals surface area contributed by atoms with Gasteiger partial charge >= 0.3 is 0 Å². The van der Waals surface area contributed by atoms with Crippen LogP contribution in [0.4, 0.5) is 11.8 Å². The highest BCUT2D eigenvalue weighted by atomic mass is 35.5. The maximum atomic E-state index is 6.18. The number of methoxy groups -OCH3 is 1. The largest absolute Gasteiger partial charge is 0.497 e. The molecule has 0 bridgehead atoms. The minimum atomic E-state index is 0.594. The average molecular weight is 369 g/mol. The SMILES string of the molecule is COc1cccc(CCNc2nccc(NCc3ccccc3Cl)n2)c1. The third-order valence-electron chi connectivity index (χ3n) is 3.90. The number of nitrogens with one attached hydrogen (secondary N) is 2. The Hall–Kier alpha value is -2.79. The molecular formula is C20H21ClN4O. The zero-order chi connectivity index (χ0) is 18.2. The van der Waals surface area contributed by atoms with Crippen LogP contribution in [0.15, 0.2) is 60.8 Å². The predicted octanol–water partition coefficient (Wildman–Crippen LogP) is 4.41. The van der Waals surface area contributed by atoms with Gasteiger partial charge in [0, 0.05) is 24.3 Å². The van der Waals surface area contributed by atoms with Gasteiger partial charge in [0.05, 0.1) is 7.11 Å². The molecule has 0 aliphatic heterocycles. The van der Waals surface area contributed by atoms with Crippen LogP contribution in [0.2, 0.25) is 5.02 Å². The number of benzene rings is 2. The van der Waals surface area contributed by atoms with E-state index in [1.54, 1.807) is 13.3 Å². The lowest BCUT2D eigenvalue weighted by atomic mass is 10.1. The first-order valence-corrected chi connectivity index (χ1v) is 8.79. The van der Waals surface area contributed by atoms with Gasteiger partial charge in [-0.25, -0.2) is 4.98 Å². The third kappa shape index (κ3) is 5.10. The summed E-state index contributed by atoms with van der Waals surface area (Å²) in [7, 11) is 1.67. The molecule has 2 N–H and O–H groups in total. The first kappa shape index (κ1) is 18.0. The van der Waals surface area contributed by atoms with Crippen LogP contribution < -0.4 is 15.4 Å². The quantitative estimate of drug-likeness (QED) is 0.617. The van der Waals surface area contributed by atoms with E-state index in [4.69, 9.17) is 16.3 Å². The number of aromatic nitrogens is 2. The average Bonchev–Trinajstić information content (AvgIpc) is 2.68. The van der Waals surface area contributed by atoms with Gasteiger partial charge in [0.1, 0.15) is 11.6 Å². The summed E-state index contributed by atoms with van der Waals surface area (Å²) in [5, 5.41) is 7.27. The van der Waals surface area contributed by atoms with E-state index in [9.17, 15) is 0 Å². The molecule has 3 aromatic rings. The highest BCUT2D eigenvalue weighted by molar-refractivity contribution is 6.31. The van der Waals surface area contributed by atoms with E-state index in [1.807, 2.05) is 48.5 Å². The summed E-state index contributed by atoms with van der Waals surface area (Å²) >= 11 is 6.18. The number of hydrogen-bond donors (Lipinski definition) is 2. The van der Waals surface area contributed by atoms with Crippen LogP contribution in [0.1, 0.15) is 11.1 Å². The van der Waals surface area contributed by atoms with Gasteiger partial charge in [-0.05, 0) is 41.8 Å². The Balaban J connectivity index is 1.53. The molecule has 0 radical (unpaired) electrons. The van der Waals surface area contributed by atoms with Crippen molar-refractivity contribution in [1.82, 2.24) is 9.97 Å². The van der Waals surface area contributed by atoms with Crippen molar-refractivity contribution in [2.45, 2.75) is 13.0 Å². The van der Waals surface area contributed by atoms with Crippen LogP contribution >= 0.6 is 11.6 Å². The topological polar surface area (TPSA) is 59.1 Å². The van der Waals surface area contributed by atoms with Crippen molar-refractivity contribution in [2.24, 2.45) is 0 Å². The van der Waals surface area contributed by atoms with Gasteiger partial charge in [0.15, 0.2) is 0 Å². The Bertz CT molecular complexity index is 856. The van der Waals surface area contributed by atoms with E-state index < -0.39 is 0 Å². The van der Waals surface area contributed by atoms with E-state index in [-0.39, 0.29) is 0 Å². The smallest absolute Gasteiger partial charge is 0.224 e. The Morgan fingerprint density at radius 1 is 1.04 bits per heavy atom. The lowest BCUT2D eigenvalue weighted by molar-refractivity contribution is 0.414. The molecule has 0 saturated heterocycles.